The number of hydrogen-bond acceptors (Lipinski definition) is 3. The van der Waals surface area contributed by atoms with Crippen LogP contribution < -0.4 is 5.73 Å². The molecule has 0 saturated carbocycles. The van der Waals surface area contributed by atoms with Crippen LogP contribution in [-0.2, 0) is 24.2 Å². The number of amides is 1. The summed E-state index contributed by atoms with van der Waals surface area (Å²) < 4.78 is 1.85. The lowest BCUT2D eigenvalue weighted by molar-refractivity contribution is -0.117. The van der Waals surface area contributed by atoms with Crippen LogP contribution in [0.1, 0.15) is 38.6 Å². The number of carbonyl (C=O) groups excluding carboxylic acids is 1. The van der Waals surface area contributed by atoms with Crippen molar-refractivity contribution in [2.75, 3.05) is 0 Å². The Bertz CT molecular complexity index is 357. The van der Waals surface area contributed by atoms with Gasteiger partial charge in [0.15, 0.2) is 0 Å². The van der Waals surface area contributed by atoms with Gasteiger partial charge in [-0.2, -0.15) is 0 Å². The first-order chi connectivity index (χ1) is 7.54. The Balaban J connectivity index is 2.83. The van der Waals surface area contributed by atoms with Crippen LogP contribution in [0.15, 0.2) is 0 Å². The largest absolute Gasteiger partial charge is 0.369 e. The van der Waals surface area contributed by atoms with Gasteiger partial charge >= 0.3 is 0 Å². The van der Waals surface area contributed by atoms with Crippen molar-refractivity contribution in [3.8, 4) is 0 Å². The van der Waals surface area contributed by atoms with E-state index in [1.807, 2.05) is 11.6 Å². The molecule has 1 aromatic heterocycles. The maximum absolute atomic E-state index is 10.9. The molecule has 0 aliphatic carbocycles. The van der Waals surface area contributed by atoms with Gasteiger partial charge in [0.1, 0.15) is 0 Å². The van der Waals surface area contributed by atoms with Gasteiger partial charge in [-0.05, 0) is 25.7 Å². The Labute approximate surface area is 96.0 Å². The standard InChI is InChI=1S/C11H20N4O/c1-4-15-10(6-5-8(2)3)9(13-14-15)7-11(12)16/h8H,4-7H2,1-3H3,(H2,12,16). The van der Waals surface area contributed by atoms with E-state index < -0.39 is 0 Å². The van der Waals surface area contributed by atoms with Crippen LogP contribution in [0.25, 0.3) is 0 Å². The average molecular weight is 224 g/mol. The SMILES string of the molecule is CCn1nnc(CC(N)=O)c1CCC(C)C. The molecule has 90 valence electrons. The van der Waals surface area contributed by atoms with Gasteiger partial charge in [0, 0.05) is 6.54 Å². The summed E-state index contributed by atoms with van der Waals surface area (Å²) in [6, 6.07) is 0. The van der Waals surface area contributed by atoms with Gasteiger partial charge in [-0.1, -0.05) is 19.1 Å². The molecule has 0 spiro atoms. The first-order valence-corrected chi connectivity index (χ1v) is 5.74. The van der Waals surface area contributed by atoms with Gasteiger partial charge in [-0.25, -0.2) is 4.68 Å². The molecule has 5 nitrogen and oxygen atoms in total. The van der Waals surface area contributed by atoms with E-state index in [1.165, 1.54) is 0 Å². The molecule has 1 heterocycles. The number of nitrogens with zero attached hydrogens (tertiary/aromatic N) is 3. The average Bonchev–Trinajstić information content (AvgIpc) is 2.56. The highest BCUT2D eigenvalue weighted by Crippen LogP contribution is 2.12. The second-order valence-electron chi connectivity index (χ2n) is 4.37. The summed E-state index contributed by atoms with van der Waals surface area (Å²) in [6.45, 7) is 7.14. The van der Waals surface area contributed by atoms with Crippen LogP contribution in [0.2, 0.25) is 0 Å². The minimum Gasteiger partial charge on any atom is -0.369 e. The highest BCUT2D eigenvalue weighted by molar-refractivity contribution is 5.76. The van der Waals surface area contributed by atoms with E-state index in [1.54, 1.807) is 0 Å². The summed E-state index contributed by atoms with van der Waals surface area (Å²) in [5, 5.41) is 8.04. The van der Waals surface area contributed by atoms with E-state index in [0.29, 0.717) is 5.92 Å². The van der Waals surface area contributed by atoms with Crippen molar-refractivity contribution in [2.24, 2.45) is 11.7 Å². The fourth-order valence-electron chi connectivity index (χ4n) is 1.62. The minimum absolute atomic E-state index is 0.188. The molecule has 0 aliphatic rings. The lowest BCUT2D eigenvalue weighted by Gasteiger charge is -2.07. The predicted octanol–water partition coefficient (Wildman–Crippen LogP) is 0.914. The maximum Gasteiger partial charge on any atom is 0.223 e. The van der Waals surface area contributed by atoms with Crippen LogP contribution in [-0.4, -0.2) is 20.9 Å². The minimum atomic E-state index is -0.353. The van der Waals surface area contributed by atoms with E-state index in [9.17, 15) is 4.79 Å². The summed E-state index contributed by atoms with van der Waals surface area (Å²) in [5.41, 5.74) is 6.97. The van der Waals surface area contributed by atoms with Crippen LogP contribution in [0.5, 0.6) is 0 Å². The summed E-state index contributed by atoms with van der Waals surface area (Å²) in [7, 11) is 0. The van der Waals surface area contributed by atoms with Gasteiger partial charge in [-0.15, -0.1) is 5.10 Å². The normalized spacial score (nSPS) is 11.0. The second-order valence-corrected chi connectivity index (χ2v) is 4.37. The van der Waals surface area contributed by atoms with Gasteiger partial charge in [0.2, 0.25) is 5.91 Å². The lowest BCUT2D eigenvalue weighted by atomic mass is 10.0. The van der Waals surface area contributed by atoms with Gasteiger partial charge < -0.3 is 5.73 Å². The lowest BCUT2D eigenvalue weighted by Crippen LogP contribution is -2.16. The summed E-state index contributed by atoms with van der Waals surface area (Å²) >= 11 is 0. The van der Waals surface area contributed by atoms with Gasteiger partial charge in [0.05, 0.1) is 17.8 Å². The number of aromatic nitrogens is 3. The summed E-state index contributed by atoms with van der Waals surface area (Å²) in [6.07, 6.45) is 2.16. The molecule has 0 unspecified atom stereocenters. The van der Waals surface area contributed by atoms with Crippen molar-refractivity contribution in [1.82, 2.24) is 15.0 Å². The number of rotatable bonds is 6. The molecule has 1 aromatic rings. The third kappa shape index (κ3) is 3.32. The van der Waals surface area contributed by atoms with E-state index in [2.05, 4.69) is 24.2 Å². The zero-order chi connectivity index (χ0) is 12.1. The molecule has 0 saturated heterocycles. The molecule has 1 amide bonds. The van der Waals surface area contributed by atoms with Crippen molar-refractivity contribution in [1.29, 1.82) is 0 Å². The number of hydrogen-bond donors (Lipinski definition) is 1. The fraction of sp³-hybridized carbons (Fsp3) is 0.727. The van der Waals surface area contributed by atoms with Crippen molar-refractivity contribution in [2.45, 2.75) is 46.6 Å². The Morgan fingerprint density at radius 1 is 1.50 bits per heavy atom. The molecule has 0 fully saturated rings. The monoisotopic (exact) mass is 224 g/mol. The Kier molecular flexibility index (Phi) is 4.46. The Hall–Kier alpha value is -1.39. The number of carbonyl (C=O) groups is 1. The zero-order valence-corrected chi connectivity index (χ0v) is 10.2. The quantitative estimate of drug-likeness (QED) is 0.780. The third-order valence-corrected chi connectivity index (χ3v) is 2.52. The Morgan fingerprint density at radius 3 is 2.69 bits per heavy atom. The molecule has 0 aliphatic heterocycles. The smallest absolute Gasteiger partial charge is 0.223 e. The first kappa shape index (κ1) is 12.7. The van der Waals surface area contributed by atoms with Gasteiger partial charge in [-0.3, -0.25) is 4.79 Å². The van der Waals surface area contributed by atoms with Gasteiger partial charge in [0.25, 0.3) is 0 Å². The van der Waals surface area contributed by atoms with E-state index in [0.717, 1.165) is 30.8 Å². The number of primary amides is 1. The second kappa shape index (κ2) is 5.63. The fourth-order valence-corrected chi connectivity index (χ4v) is 1.62. The predicted molar refractivity (Wildman–Crippen MR) is 61.8 cm³/mol. The first-order valence-electron chi connectivity index (χ1n) is 5.74. The highest BCUT2D eigenvalue weighted by Gasteiger charge is 2.14. The molecule has 1 rings (SSSR count). The van der Waals surface area contributed by atoms with Crippen molar-refractivity contribution < 1.29 is 4.79 Å². The van der Waals surface area contributed by atoms with Crippen LogP contribution >= 0.6 is 0 Å². The van der Waals surface area contributed by atoms with Crippen molar-refractivity contribution in [3.05, 3.63) is 11.4 Å². The van der Waals surface area contributed by atoms with Crippen LogP contribution in [0.3, 0.4) is 0 Å². The molecule has 0 aromatic carbocycles. The molecule has 0 atom stereocenters. The van der Waals surface area contributed by atoms with Crippen LogP contribution in [0, 0.1) is 5.92 Å². The van der Waals surface area contributed by atoms with Crippen molar-refractivity contribution >= 4 is 5.91 Å². The molecule has 2 N–H and O–H groups in total. The molecule has 5 heteroatoms. The van der Waals surface area contributed by atoms with E-state index in [4.69, 9.17) is 5.73 Å². The molecule has 0 radical (unpaired) electrons. The zero-order valence-electron chi connectivity index (χ0n) is 10.2. The van der Waals surface area contributed by atoms with Crippen molar-refractivity contribution in [3.63, 3.8) is 0 Å². The Morgan fingerprint density at radius 2 is 2.19 bits per heavy atom. The summed E-state index contributed by atoms with van der Waals surface area (Å²) in [4.78, 5) is 10.9. The van der Waals surface area contributed by atoms with Crippen LogP contribution in [0.4, 0.5) is 0 Å². The topological polar surface area (TPSA) is 73.8 Å². The van der Waals surface area contributed by atoms with E-state index >= 15 is 0 Å². The molecule has 0 bridgehead atoms. The molecule has 16 heavy (non-hydrogen) atoms. The maximum atomic E-state index is 10.9. The number of aryl methyl sites for hydroxylation is 1. The third-order valence-electron chi connectivity index (χ3n) is 2.52. The molecular weight excluding hydrogens is 204 g/mol. The van der Waals surface area contributed by atoms with E-state index in [-0.39, 0.29) is 12.3 Å². The number of nitrogens with two attached hydrogens (primary N) is 1. The molecular formula is C11H20N4O. The highest BCUT2D eigenvalue weighted by atomic mass is 16.1. The summed E-state index contributed by atoms with van der Waals surface area (Å²) in [5.74, 6) is 0.274.